The minimum absolute atomic E-state index is 0.0499. The number of benzene rings is 2. The Labute approximate surface area is 154 Å². The lowest BCUT2D eigenvalue weighted by atomic mass is 9.88. The molecule has 5 nitrogen and oxygen atoms in total. The van der Waals surface area contributed by atoms with Crippen LogP contribution in [0, 0.1) is 0 Å². The van der Waals surface area contributed by atoms with Gasteiger partial charge in [-0.2, -0.15) is 0 Å². The Morgan fingerprint density at radius 1 is 1.19 bits per heavy atom. The molecule has 0 saturated heterocycles. The molecule has 27 heavy (non-hydrogen) atoms. The molecule has 1 aliphatic carbocycles. The molecule has 0 bridgehead atoms. The van der Waals surface area contributed by atoms with Crippen molar-refractivity contribution in [2.45, 2.75) is 31.7 Å². The molecule has 0 fully saturated rings. The van der Waals surface area contributed by atoms with Crippen molar-refractivity contribution in [3.05, 3.63) is 53.6 Å². The van der Waals surface area contributed by atoms with Crippen LogP contribution in [0.1, 0.15) is 17.5 Å². The number of hydrogen-bond acceptors (Lipinski definition) is 4. The molecule has 0 aromatic heterocycles. The first-order valence-corrected chi connectivity index (χ1v) is 8.48. The van der Waals surface area contributed by atoms with Gasteiger partial charge in [0.1, 0.15) is 5.75 Å². The van der Waals surface area contributed by atoms with E-state index in [1.165, 1.54) is 24.3 Å². The first kappa shape index (κ1) is 19.0. The van der Waals surface area contributed by atoms with Gasteiger partial charge in [-0.15, -0.1) is 13.2 Å². The molecule has 0 radical (unpaired) electrons. The Balaban J connectivity index is 1.56. The Kier molecular flexibility index (Phi) is 5.55. The van der Waals surface area contributed by atoms with Crippen LogP contribution in [0.2, 0.25) is 0 Å². The highest BCUT2D eigenvalue weighted by Crippen LogP contribution is 2.28. The zero-order chi connectivity index (χ0) is 19.4. The standard InChI is InChI=1S/C19H19F3N2O3/c20-19(21,22)27-15-8-5-13(6-9-15)23-11-18(26)24-17-3-1-2-12-4-7-14(25)10-16(12)17/h1-3,5-6,8-9,14,23,25H,4,7,10-11H2,(H,24,26)/t14-/m1/s1. The molecule has 0 heterocycles. The van der Waals surface area contributed by atoms with E-state index in [9.17, 15) is 23.1 Å². The number of anilines is 2. The third-order valence-electron chi connectivity index (χ3n) is 4.27. The number of ether oxygens (including phenoxy) is 1. The Bertz CT molecular complexity index is 807. The lowest BCUT2D eigenvalue weighted by Crippen LogP contribution is -2.25. The molecule has 0 spiro atoms. The zero-order valence-electron chi connectivity index (χ0n) is 14.3. The van der Waals surface area contributed by atoms with E-state index in [0.717, 1.165) is 17.5 Å². The SMILES string of the molecule is O=C(CNc1ccc(OC(F)(F)F)cc1)Nc1cccc2c1C[C@H](O)CC2. The van der Waals surface area contributed by atoms with E-state index in [0.29, 0.717) is 24.2 Å². The van der Waals surface area contributed by atoms with Gasteiger partial charge in [-0.25, -0.2) is 0 Å². The maximum absolute atomic E-state index is 12.2. The molecule has 2 aromatic carbocycles. The average Bonchev–Trinajstić information content (AvgIpc) is 2.60. The maximum Gasteiger partial charge on any atom is 0.573 e. The van der Waals surface area contributed by atoms with Gasteiger partial charge < -0.3 is 20.5 Å². The molecule has 1 aliphatic rings. The summed E-state index contributed by atoms with van der Waals surface area (Å²) in [5, 5.41) is 15.5. The number of alkyl halides is 3. The largest absolute Gasteiger partial charge is 0.573 e. The Morgan fingerprint density at radius 2 is 1.93 bits per heavy atom. The van der Waals surface area contributed by atoms with Gasteiger partial charge in [-0.1, -0.05) is 12.1 Å². The number of aliphatic hydroxyl groups is 1. The van der Waals surface area contributed by atoms with Gasteiger partial charge in [0, 0.05) is 17.8 Å². The average molecular weight is 380 g/mol. The van der Waals surface area contributed by atoms with Gasteiger partial charge in [0.25, 0.3) is 0 Å². The fourth-order valence-electron chi connectivity index (χ4n) is 3.04. The highest BCUT2D eigenvalue weighted by Gasteiger charge is 2.30. The van der Waals surface area contributed by atoms with Crippen LogP contribution in [0.3, 0.4) is 0 Å². The van der Waals surface area contributed by atoms with Crippen LogP contribution in [-0.2, 0) is 17.6 Å². The quantitative estimate of drug-likeness (QED) is 0.743. The Morgan fingerprint density at radius 3 is 2.63 bits per heavy atom. The van der Waals surface area contributed by atoms with E-state index in [2.05, 4.69) is 15.4 Å². The normalized spacial score (nSPS) is 16.4. The number of rotatable bonds is 5. The van der Waals surface area contributed by atoms with Crippen LogP contribution >= 0.6 is 0 Å². The van der Waals surface area contributed by atoms with Crippen molar-refractivity contribution in [1.82, 2.24) is 0 Å². The molecule has 3 rings (SSSR count). The molecule has 3 N–H and O–H groups in total. The summed E-state index contributed by atoms with van der Waals surface area (Å²) < 4.78 is 40.2. The van der Waals surface area contributed by atoms with Crippen LogP contribution in [0.15, 0.2) is 42.5 Å². The van der Waals surface area contributed by atoms with E-state index >= 15 is 0 Å². The molecule has 1 atom stereocenters. The smallest absolute Gasteiger partial charge is 0.406 e. The molecule has 2 aromatic rings. The molecular weight excluding hydrogens is 361 g/mol. The first-order chi connectivity index (χ1) is 12.8. The summed E-state index contributed by atoms with van der Waals surface area (Å²) in [5.74, 6) is -0.619. The summed E-state index contributed by atoms with van der Waals surface area (Å²) in [5.41, 5.74) is 3.22. The summed E-state index contributed by atoms with van der Waals surface area (Å²) in [6, 6.07) is 10.8. The number of fused-ring (bicyclic) bond motifs is 1. The van der Waals surface area contributed by atoms with E-state index in [1.807, 2.05) is 12.1 Å². The lowest BCUT2D eigenvalue weighted by molar-refractivity contribution is -0.274. The van der Waals surface area contributed by atoms with Crippen LogP contribution in [0.4, 0.5) is 24.5 Å². The van der Waals surface area contributed by atoms with Crippen LogP contribution < -0.4 is 15.4 Å². The summed E-state index contributed by atoms with van der Waals surface area (Å²) in [6.45, 7) is -0.0499. The number of carbonyl (C=O) groups excluding carboxylic acids is 1. The van der Waals surface area contributed by atoms with E-state index in [1.54, 1.807) is 6.07 Å². The van der Waals surface area contributed by atoms with Gasteiger partial charge in [-0.3, -0.25) is 4.79 Å². The molecule has 0 saturated carbocycles. The molecule has 8 heteroatoms. The second kappa shape index (κ2) is 7.87. The van der Waals surface area contributed by atoms with Gasteiger partial charge in [-0.05, 0) is 54.3 Å². The molecule has 0 aliphatic heterocycles. The van der Waals surface area contributed by atoms with E-state index < -0.39 is 12.5 Å². The van der Waals surface area contributed by atoms with Gasteiger partial charge >= 0.3 is 6.36 Å². The van der Waals surface area contributed by atoms with Crippen LogP contribution in [-0.4, -0.2) is 30.0 Å². The highest BCUT2D eigenvalue weighted by atomic mass is 19.4. The minimum Gasteiger partial charge on any atom is -0.406 e. The molecule has 1 amide bonds. The van der Waals surface area contributed by atoms with Crippen LogP contribution in [0.25, 0.3) is 0 Å². The number of carbonyl (C=O) groups is 1. The number of hydrogen-bond donors (Lipinski definition) is 3. The predicted molar refractivity (Wildman–Crippen MR) is 94.7 cm³/mol. The topological polar surface area (TPSA) is 70.6 Å². The number of aliphatic hydroxyl groups excluding tert-OH is 1. The molecular formula is C19H19F3N2O3. The minimum atomic E-state index is -4.74. The monoisotopic (exact) mass is 380 g/mol. The zero-order valence-corrected chi connectivity index (χ0v) is 14.3. The summed E-state index contributed by atoms with van der Waals surface area (Å²) in [6.07, 6.45) is -3.17. The summed E-state index contributed by atoms with van der Waals surface area (Å²) in [4.78, 5) is 12.2. The van der Waals surface area contributed by atoms with Crippen molar-refractivity contribution in [2.75, 3.05) is 17.2 Å². The fraction of sp³-hybridized carbons (Fsp3) is 0.316. The van der Waals surface area contributed by atoms with Crippen LogP contribution in [0.5, 0.6) is 5.75 Å². The molecule has 0 unspecified atom stereocenters. The number of aryl methyl sites for hydroxylation is 1. The van der Waals surface area contributed by atoms with E-state index in [-0.39, 0.29) is 18.2 Å². The second-order valence-corrected chi connectivity index (χ2v) is 6.31. The third kappa shape index (κ3) is 5.37. The fourth-order valence-corrected chi connectivity index (χ4v) is 3.04. The lowest BCUT2D eigenvalue weighted by Gasteiger charge is -2.23. The maximum atomic E-state index is 12.2. The number of amides is 1. The van der Waals surface area contributed by atoms with Gasteiger partial charge in [0.05, 0.1) is 12.6 Å². The van der Waals surface area contributed by atoms with E-state index in [4.69, 9.17) is 0 Å². The summed E-state index contributed by atoms with van der Waals surface area (Å²) >= 11 is 0. The summed E-state index contributed by atoms with van der Waals surface area (Å²) in [7, 11) is 0. The van der Waals surface area contributed by atoms with Crippen molar-refractivity contribution >= 4 is 17.3 Å². The van der Waals surface area contributed by atoms with Crippen molar-refractivity contribution in [3.63, 3.8) is 0 Å². The number of nitrogens with one attached hydrogen (secondary N) is 2. The number of halogens is 3. The highest BCUT2D eigenvalue weighted by molar-refractivity contribution is 5.94. The first-order valence-electron chi connectivity index (χ1n) is 8.48. The van der Waals surface area contributed by atoms with Crippen molar-refractivity contribution in [2.24, 2.45) is 0 Å². The van der Waals surface area contributed by atoms with Gasteiger partial charge in [0.15, 0.2) is 0 Å². The third-order valence-corrected chi connectivity index (χ3v) is 4.27. The van der Waals surface area contributed by atoms with Crippen molar-refractivity contribution in [1.29, 1.82) is 0 Å². The van der Waals surface area contributed by atoms with Crippen molar-refractivity contribution < 1.29 is 27.8 Å². The predicted octanol–water partition coefficient (Wildman–Crippen LogP) is 3.49. The second-order valence-electron chi connectivity index (χ2n) is 6.31. The van der Waals surface area contributed by atoms with Gasteiger partial charge in [0.2, 0.25) is 5.91 Å². The Hall–Kier alpha value is -2.74. The molecule has 144 valence electrons. The van der Waals surface area contributed by atoms with Crippen molar-refractivity contribution in [3.8, 4) is 5.75 Å².